The molecule has 0 bridgehead atoms. The molecular formula is C3H6NO2Rf. The van der Waals surface area contributed by atoms with Crippen molar-refractivity contribution in [2.75, 3.05) is 0 Å². The number of carboxylic acids is 1. The Morgan fingerprint density at radius 1 is 2.00 bits per heavy atom. The molecule has 7 heavy (non-hydrogen) atoms. The van der Waals surface area contributed by atoms with Crippen LogP contribution in [0.5, 0.6) is 0 Å². The summed E-state index contributed by atoms with van der Waals surface area (Å²) in [6.07, 6.45) is 0. The fourth-order valence-corrected chi connectivity index (χ4v) is 1.24. The molecule has 0 spiro atoms. The standard InChI is InChI=1S/C3H6NO2.Rf/c1-2(4)3(5)6;/h2H,1,4H2,(H,5,6);. The van der Waals surface area contributed by atoms with Crippen LogP contribution in [0.25, 0.3) is 0 Å². The van der Waals surface area contributed by atoms with E-state index in [0.717, 1.165) is 0 Å². The second kappa shape index (κ2) is 1.77. The van der Waals surface area contributed by atoms with Crippen LogP contribution in [0, 0.1) is 0 Å². The summed E-state index contributed by atoms with van der Waals surface area (Å²) in [4.78, 5) is 9.84. The molecular weight excluding hydrogens is 349 g/mol. The van der Waals surface area contributed by atoms with Gasteiger partial charge in [0.05, 0.1) is 0 Å². The number of carbonyl (C=O) groups is 1. The normalized spacial score (nSPS) is 13.6. The summed E-state index contributed by atoms with van der Waals surface area (Å²) in [5.74, 6) is -0.876. The number of carboxylic acid groups (broad SMARTS) is 1. The Labute approximate surface area is 35.8 Å². The Kier molecular flexibility index (Phi) is 1.37. The van der Waals surface area contributed by atoms with E-state index in [1.54, 1.807) is 0 Å². The molecule has 0 aliphatic rings. The quantitative estimate of drug-likeness (QED) is 0.693. The van der Waals surface area contributed by atoms with E-state index in [-0.39, 0.29) is 0 Å². The van der Waals surface area contributed by atoms with Crippen molar-refractivity contribution in [1.82, 2.24) is 0 Å². The first-order chi connectivity index (χ1) is 3.18. The van der Waals surface area contributed by atoms with Crippen molar-refractivity contribution in [3.63, 3.8) is 0 Å². The van der Waals surface area contributed by atoms with Gasteiger partial charge in [-0.3, -0.25) is 0 Å². The third-order valence-corrected chi connectivity index (χ3v) is 3.44. The molecule has 37 valence electrons. The molecule has 0 saturated heterocycles. The number of hydrogen-bond donors (Lipinski definition) is 2. The molecule has 0 aromatic heterocycles. The Morgan fingerprint density at radius 2 is 2.43 bits per heavy atom. The van der Waals surface area contributed by atoms with Gasteiger partial charge in [-0.1, -0.05) is 0 Å². The number of rotatable bonds is 2. The molecule has 3 nitrogen and oxygen atoms in total. The molecule has 0 aromatic carbocycles. The van der Waals surface area contributed by atoms with E-state index in [1.807, 2.05) is 0 Å². The van der Waals surface area contributed by atoms with E-state index in [2.05, 4.69) is 0 Å². The molecule has 0 radical (unpaired) electrons. The molecule has 0 saturated carbocycles. The zero-order valence-corrected chi connectivity index (χ0v) is 10.3. The summed E-state index contributed by atoms with van der Waals surface area (Å²) in [6, 6.07) is -0.588. The van der Waals surface area contributed by atoms with Crippen LogP contribution in [0.2, 0.25) is 6.92 Å². The molecule has 1 atom stereocenters. The molecule has 0 fully saturated rings. The maximum atomic E-state index is 9.84. The van der Waals surface area contributed by atoms with E-state index in [1.165, 1.54) is 0 Å². The first-order valence-electron chi connectivity index (χ1n) is 1.96. The maximum absolute atomic E-state index is 9.84. The van der Waals surface area contributed by atoms with E-state index in [9.17, 15) is 4.79 Å². The molecule has 0 aliphatic carbocycles. The average Bonchev–Trinajstić information content (AvgIpc) is 1.65. The summed E-state index contributed by atoms with van der Waals surface area (Å²) < 4.78 is 0.424. The van der Waals surface area contributed by atoms with Gasteiger partial charge in [-0.2, -0.15) is 0 Å². The van der Waals surface area contributed by atoms with Crippen LogP contribution in [-0.2, 0) is 4.79 Å². The molecule has 0 aliphatic heterocycles. The average molecular weight is 355 g/mol. The molecule has 1 unspecified atom stereocenters. The van der Waals surface area contributed by atoms with Crippen molar-refractivity contribution >= 4 is 5.97 Å². The second-order valence-electron chi connectivity index (χ2n) is 1.23. The molecule has 0 aromatic rings. The Balaban J connectivity index is 3.34. The van der Waals surface area contributed by atoms with Crippen molar-refractivity contribution in [2.24, 2.45) is 5.73 Å². The van der Waals surface area contributed by atoms with Gasteiger partial charge in [0.25, 0.3) is 0 Å². The van der Waals surface area contributed by atoms with E-state index in [0.29, 0.717) is 6.92 Å². The van der Waals surface area contributed by atoms with Crippen molar-refractivity contribution in [3.05, 3.63) is 0 Å². The zero-order chi connectivity index (χ0) is 5.86. The van der Waals surface area contributed by atoms with Crippen LogP contribution in [0.15, 0.2) is 0 Å². The minimum absolute atomic E-state index is 0.424. The third-order valence-electron chi connectivity index (χ3n) is 0.628. The summed E-state index contributed by atoms with van der Waals surface area (Å²) in [6.45, 7) is 0.705. The van der Waals surface area contributed by atoms with Crippen LogP contribution in [0.4, 0.5) is 0 Å². The number of nitrogens with two attached hydrogens (primary N) is 1. The molecule has 0 rings (SSSR count). The van der Waals surface area contributed by atoms with Crippen molar-refractivity contribution in [3.8, 4) is 0 Å². The monoisotopic (exact) mass is 355 g/mol. The number of aliphatic carboxylic acids is 1. The second-order valence-corrected chi connectivity index (χ2v) is 3.85. The molecule has 0 heterocycles. The van der Waals surface area contributed by atoms with Crippen LogP contribution >= 0.6 is 0 Å². The predicted octanol–water partition coefficient (Wildman–Crippen LogP) is -0.634. The first-order valence-corrected chi connectivity index (χ1v) is 6.48. The predicted molar refractivity (Wildman–Crippen MR) is 20.4 cm³/mol. The van der Waals surface area contributed by atoms with Crippen molar-refractivity contribution < 1.29 is 9.90 Å². The van der Waals surface area contributed by atoms with Crippen molar-refractivity contribution in [2.45, 2.75) is 13.0 Å². The van der Waals surface area contributed by atoms with Crippen molar-refractivity contribution in [1.29, 1.82) is 0 Å². The van der Waals surface area contributed by atoms with E-state index in [4.69, 9.17) is 10.8 Å². The van der Waals surface area contributed by atoms with Crippen LogP contribution < -0.4 is 5.73 Å². The van der Waals surface area contributed by atoms with Crippen LogP contribution in [0.3, 0.4) is 0 Å². The fraction of sp³-hybridized carbons (Fsp3) is 0.667. The Bertz CT molecular complexity index is 75.3. The topological polar surface area (TPSA) is 63.3 Å². The summed E-state index contributed by atoms with van der Waals surface area (Å²) in [5, 5.41) is 8.09. The van der Waals surface area contributed by atoms with E-state index >= 15 is 0 Å². The van der Waals surface area contributed by atoms with Gasteiger partial charge in [0.15, 0.2) is 0 Å². The molecule has 3 N–H and O–H groups in total. The van der Waals surface area contributed by atoms with E-state index < -0.39 is 12.0 Å². The van der Waals surface area contributed by atoms with Gasteiger partial charge < -0.3 is 0 Å². The summed E-state index contributed by atoms with van der Waals surface area (Å²) in [7, 11) is 0. The molecule has 0 amide bonds. The van der Waals surface area contributed by atoms with Gasteiger partial charge in [-0.15, -0.1) is 0 Å². The fourth-order valence-electron chi connectivity index (χ4n) is 0.123. The van der Waals surface area contributed by atoms with Gasteiger partial charge >= 0.3 is 34.6 Å². The van der Waals surface area contributed by atoms with Crippen LogP contribution in [-0.4, -0.2) is 17.1 Å². The SMILES string of the molecule is NC([CH2][Rf])C(=O)O. The Morgan fingerprint density at radius 3 is 2.43 bits per heavy atom. The Hall–Kier alpha value is -1.57. The minimum atomic E-state index is -0.876. The van der Waals surface area contributed by atoms with Gasteiger partial charge in [-0.25, -0.2) is 0 Å². The molecule has 4 heteroatoms. The number of hydrogen-bond acceptors (Lipinski definition) is 2. The van der Waals surface area contributed by atoms with Gasteiger partial charge in [0, 0.05) is 0 Å². The van der Waals surface area contributed by atoms with Gasteiger partial charge in [-0.05, 0) is 0 Å². The summed E-state index contributed by atoms with van der Waals surface area (Å²) >= 11 is 0. The van der Waals surface area contributed by atoms with Gasteiger partial charge in [0.2, 0.25) is 0 Å². The van der Waals surface area contributed by atoms with Gasteiger partial charge in [0.1, 0.15) is 0 Å². The summed E-state index contributed by atoms with van der Waals surface area (Å²) in [5.41, 5.74) is 5.07. The zero-order valence-electron chi connectivity index (χ0n) is 3.92. The third kappa shape index (κ3) is 1.33. The van der Waals surface area contributed by atoms with Crippen LogP contribution in [0.1, 0.15) is 0 Å². The first kappa shape index (κ1) is 5.43.